The Morgan fingerprint density at radius 2 is 1.89 bits per heavy atom. The van der Waals surface area contributed by atoms with Gasteiger partial charge in [0, 0.05) is 16.6 Å². The summed E-state index contributed by atoms with van der Waals surface area (Å²) in [5, 5.41) is 16.0. The number of thioether (sulfide) groups is 1. The van der Waals surface area contributed by atoms with Crippen molar-refractivity contribution < 1.29 is 19.5 Å². The monoisotopic (exact) mass is 493 g/mol. The number of carbonyl (C=O) groups is 3. The molecular formula is C27H31N3O4S. The van der Waals surface area contributed by atoms with Crippen molar-refractivity contribution >= 4 is 40.9 Å². The van der Waals surface area contributed by atoms with Crippen LogP contribution in [0, 0.1) is 25.7 Å². The van der Waals surface area contributed by atoms with Crippen molar-refractivity contribution in [3.63, 3.8) is 0 Å². The van der Waals surface area contributed by atoms with E-state index in [1.54, 1.807) is 23.6 Å². The molecule has 3 heterocycles. The Balaban J connectivity index is 1.49. The summed E-state index contributed by atoms with van der Waals surface area (Å²) in [5.41, 5.74) is 3.37. The molecular weight excluding hydrogens is 462 g/mol. The van der Waals surface area contributed by atoms with Gasteiger partial charge in [-0.25, -0.2) is 0 Å². The number of nitrogens with zero attached hydrogens (tertiary/aromatic N) is 1. The number of rotatable bonds is 6. The average molecular weight is 494 g/mol. The van der Waals surface area contributed by atoms with Crippen LogP contribution >= 0.6 is 11.8 Å². The second-order valence-electron chi connectivity index (χ2n) is 10.00. The molecule has 3 aliphatic rings. The van der Waals surface area contributed by atoms with Crippen molar-refractivity contribution in [2.75, 3.05) is 17.2 Å². The predicted molar refractivity (Wildman–Crippen MR) is 137 cm³/mol. The third-order valence-corrected chi connectivity index (χ3v) is 9.67. The first-order chi connectivity index (χ1) is 16.8. The number of aryl methyl sites for hydroxylation is 2. The topological polar surface area (TPSA) is 98.7 Å². The number of carbonyl (C=O) groups excluding carboxylic acids is 3. The fourth-order valence-corrected chi connectivity index (χ4v) is 8.28. The minimum absolute atomic E-state index is 0.0183. The van der Waals surface area contributed by atoms with Crippen LogP contribution < -0.4 is 10.6 Å². The number of nitrogens with one attached hydrogen (secondary N) is 2. The van der Waals surface area contributed by atoms with Crippen molar-refractivity contribution in [2.24, 2.45) is 11.8 Å². The van der Waals surface area contributed by atoms with Gasteiger partial charge in [0.2, 0.25) is 17.7 Å². The minimum atomic E-state index is -0.758. The Labute approximate surface area is 209 Å². The summed E-state index contributed by atoms with van der Waals surface area (Å²) in [4.78, 5) is 42.7. The van der Waals surface area contributed by atoms with E-state index in [-0.39, 0.29) is 29.6 Å². The molecule has 2 bridgehead atoms. The first-order valence-corrected chi connectivity index (χ1v) is 13.0. The van der Waals surface area contributed by atoms with Crippen molar-refractivity contribution in [1.29, 1.82) is 0 Å². The number of aliphatic hydroxyl groups excluding tert-OH is 1. The molecule has 2 unspecified atom stereocenters. The van der Waals surface area contributed by atoms with E-state index >= 15 is 0 Å². The van der Waals surface area contributed by atoms with Crippen LogP contribution in [0.15, 0.2) is 48.5 Å². The third-order valence-electron chi connectivity index (χ3n) is 7.72. The lowest BCUT2D eigenvalue weighted by Gasteiger charge is -2.36. The van der Waals surface area contributed by atoms with Gasteiger partial charge in [-0.2, -0.15) is 0 Å². The third kappa shape index (κ3) is 3.83. The summed E-state index contributed by atoms with van der Waals surface area (Å²) in [6, 6.07) is 13.8. The first-order valence-electron chi connectivity index (χ1n) is 12.1. The number of hydrogen-bond donors (Lipinski definition) is 3. The molecule has 0 aliphatic carbocycles. The first kappa shape index (κ1) is 23.9. The highest BCUT2D eigenvalue weighted by atomic mass is 32.2. The highest BCUT2D eigenvalue weighted by Crippen LogP contribution is 2.66. The van der Waals surface area contributed by atoms with E-state index in [1.807, 2.05) is 62.4 Å². The van der Waals surface area contributed by atoms with Gasteiger partial charge in [0.1, 0.15) is 6.04 Å². The molecule has 8 heteroatoms. The zero-order valence-corrected chi connectivity index (χ0v) is 21.0. The second-order valence-corrected chi connectivity index (χ2v) is 11.6. The van der Waals surface area contributed by atoms with E-state index in [9.17, 15) is 19.5 Å². The summed E-state index contributed by atoms with van der Waals surface area (Å²) >= 11 is 1.62. The van der Waals surface area contributed by atoms with Gasteiger partial charge in [-0.15, -0.1) is 11.8 Å². The number of fused-ring (bicyclic) bond motifs is 1. The van der Waals surface area contributed by atoms with Crippen LogP contribution in [0.25, 0.3) is 0 Å². The number of hydrogen-bond acceptors (Lipinski definition) is 5. The zero-order chi connectivity index (χ0) is 24.9. The van der Waals surface area contributed by atoms with Crippen LogP contribution in [-0.4, -0.2) is 56.4 Å². The molecule has 0 aromatic heterocycles. The van der Waals surface area contributed by atoms with Gasteiger partial charge in [-0.1, -0.05) is 30.3 Å². The molecule has 3 amide bonds. The summed E-state index contributed by atoms with van der Waals surface area (Å²) in [6.07, 6.45) is 1.46. The number of likely N-dealkylation sites (tertiary alicyclic amines) is 1. The van der Waals surface area contributed by atoms with Crippen LogP contribution in [-0.2, 0) is 14.4 Å². The summed E-state index contributed by atoms with van der Waals surface area (Å²) in [6.45, 7) is 5.40. The van der Waals surface area contributed by atoms with Crippen LogP contribution in [0.3, 0.4) is 0 Å². The predicted octanol–water partition coefficient (Wildman–Crippen LogP) is 3.35. The number of amides is 3. The zero-order valence-electron chi connectivity index (χ0n) is 20.2. The Bertz CT molecular complexity index is 1170. The lowest BCUT2D eigenvalue weighted by Crippen LogP contribution is -2.54. The molecule has 2 aromatic rings. The normalized spacial score (nSPS) is 29.7. The van der Waals surface area contributed by atoms with Gasteiger partial charge in [-0.05, 0) is 62.9 Å². The molecule has 184 valence electrons. The van der Waals surface area contributed by atoms with Crippen LogP contribution in [0.2, 0.25) is 0 Å². The lowest BCUT2D eigenvalue weighted by atomic mass is 9.70. The maximum absolute atomic E-state index is 13.9. The fourth-order valence-electron chi connectivity index (χ4n) is 6.07. The van der Waals surface area contributed by atoms with E-state index in [0.29, 0.717) is 12.1 Å². The summed E-state index contributed by atoms with van der Waals surface area (Å²) in [7, 11) is 0. The average Bonchev–Trinajstić information content (AvgIpc) is 3.49. The van der Waals surface area contributed by atoms with E-state index in [4.69, 9.17) is 0 Å². The van der Waals surface area contributed by atoms with Gasteiger partial charge in [0.05, 0.1) is 29.2 Å². The lowest BCUT2D eigenvalue weighted by molar-refractivity contribution is -0.140. The Morgan fingerprint density at radius 1 is 1.14 bits per heavy atom. The molecule has 0 radical (unpaired) electrons. The smallest absolute Gasteiger partial charge is 0.248 e. The molecule has 5 rings (SSSR count). The number of aliphatic hydroxyl groups is 1. The van der Waals surface area contributed by atoms with Crippen molar-refractivity contribution in [3.05, 3.63) is 59.7 Å². The van der Waals surface area contributed by atoms with Gasteiger partial charge < -0.3 is 20.6 Å². The molecule has 2 aromatic carbocycles. The van der Waals surface area contributed by atoms with Crippen LogP contribution in [0.4, 0.5) is 11.4 Å². The van der Waals surface area contributed by atoms with Gasteiger partial charge in [0.25, 0.3) is 0 Å². The molecule has 1 spiro atoms. The molecule has 3 N–H and O–H groups in total. The fraction of sp³-hybridized carbons (Fsp3) is 0.444. The molecule has 3 aliphatic heterocycles. The summed E-state index contributed by atoms with van der Waals surface area (Å²) < 4.78 is -0.689. The van der Waals surface area contributed by atoms with Gasteiger partial charge in [0.15, 0.2) is 0 Å². The van der Waals surface area contributed by atoms with Crippen LogP contribution in [0.5, 0.6) is 0 Å². The Morgan fingerprint density at radius 3 is 2.60 bits per heavy atom. The van der Waals surface area contributed by atoms with Crippen molar-refractivity contribution in [1.82, 2.24) is 4.90 Å². The summed E-state index contributed by atoms with van der Waals surface area (Å²) in [5.74, 6) is -1.77. The van der Waals surface area contributed by atoms with Crippen LogP contribution in [0.1, 0.15) is 30.9 Å². The second kappa shape index (κ2) is 8.99. The number of anilines is 2. The Hall–Kier alpha value is -2.84. The van der Waals surface area contributed by atoms with Gasteiger partial charge in [-0.3, -0.25) is 14.4 Å². The van der Waals surface area contributed by atoms with E-state index < -0.39 is 28.7 Å². The van der Waals surface area contributed by atoms with Gasteiger partial charge >= 0.3 is 0 Å². The minimum Gasteiger partial charge on any atom is -0.394 e. The maximum Gasteiger partial charge on any atom is 0.248 e. The van der Waals surface area contributed by atoms with E-state index in [2.05, 4.69) is 10.6 Å². The highest BCUT2D eigenvalue weighted by molar-refractivity contribution is 8.02. The SMILES string of the molecule is Cc1ccc(C)c(NC(=O)C2N([C@H](C)CO)C(=O)[C@@H]3[C@H](C(=O)Nc4ccccc4)[C@@H]4CCC23S4)c1. The van der Waals surface area contributed by atoms with Crippen molar-refractivity contribution in [3.8, 4) is 0 Å². The number of para-hydroxylation sites is 1. The number of benzene rings is 2. The molecule has 35 heavy (non-hydrogen) atoms. The standard InChI is InChI=1S/C27H31N3O4S/c1-15-9-10-16(2)19(13-15)29-25(33)23-27-12-11-20(35-27)21(22(27)26(34)30(23)17(3)14-31)24(32)28-18-7-5-4-6-8-18/h4-10,13,17,20-23,31H,11-12,14H2,1-3H3,(H,28,32)(H,29,33)/t17-,20+,21-,22+,23?,27?/m1/s1. The largest absolute Gasteiger partial charge is 0.394 e. The molecule has 6 atom stereocenters. The Kier molecular flexibility index (Phi) is 6.13. The van der Waals surface area contributed by atoms with Crippen molar-refractivity contribution in [2.45, 2.75) is 55.7 Å². The maximum atomic E-state index is 13.9. The molecule has 3 saturated heterocycles. The van der Waals surface area contributed by atoms with E-state index in [0.717, 1.165) is 23.2 Å². The molecule has 7 nitrogen and oxygen atoms in total. The quantitative estimate of drug-likeness (QED) is 0.573. The molecule has 0 saturated carbocycles. The highest BCUT2D eigenvalue weighted by Gasteiger charge is 2.74. The van der Waals surface area contributed by atoms with E-state index in [1.165, 1.54) is 0 Å². The molecule has 3 fully saturated rings.